The predicted octanol–water partition coefficient (Wildman–Crippen LogP) is 2.66. The zero-order valence-corrected chi connectivity index (χ0v) is 12.4. The van der Waals surface area contributed by atoms with Crippen LogP contribution in [0.2, 0.25) is 5.02 Å². The third kappa shape index (κ3) is 4.39. The number of carbonyl (C=O) groups is 1. The second kappa shape index (κ2) is 6.95. The molecular weight excluding hydrogens is 276 g/mol. The first-order chi connectivity index (χ1) is 9.60. The van der Waals surface area contributed by atoms with Gasteiger partial charge >= 0.3 is 6.03 Å². The Morgan fingerprint density at radius 1 is 1.55 bits per heavy atom. The van der Waals surface area contributed by atoms with Crippen LogP contribution in [-0.4, -0.2) is 29.8 Å². The largest absolute Gasteiger partial charge is 0.391 e. The normalized spacial score (nSPS) is 22.1. The van der Waals surface area contributed by atoms with Crippen molar-refractivity contribution in [3.63, 3.8) is 0 Å². The Morgan fingerprint density at radius 3 is 3.05 bits per heavy atom. The summed E-state index contributed by atoms with van der Waals surface area (Å²) in [5.74, 6) is 0.347. The molecule has 1 aromatic rings. The summed E-state index contributed by atoms with van der Waals surface area (Å²) in [6.07, 6.45) is 2.08. The van der Waals surface area contributed by atoms with E-state index in [1.807, 2.05) is 31.2 Å². The highest BCUT2D eigenvalue weighted by molar-refractivity contribution is 6.30. The van der Waals surface area contributed by atoms with Crippen LogP contribution in [-0.2, 0) is 0 Å². The Kier molecular flexibility index (Phi) is 5.26. The molecule has 0 aliphatic heterocycles. The SMILES string of the molecule is CCCC(O)CNC(=O)NC1CC1c1cccc(Cl)c1. The van der Waals surface area contributed by atoms with Gasteiger partial charge in [-0.1, -0.05) is 37.1 Å². The minimum atomic E-state index is -0.464. The van der Waals surface area contributed by atoms with Gasteiger partial charge in [0.2, 0.25) is 0 Å². The number of amides is 2. The molecular formula is C15H21ClN2O2. The van der Waals surface area contributed by atoms with E-state index in [0.29, 0.717) is 18.9 Å². The maximum Gasteiger partial charge on any atom is 0.315 e. The van der Waals surface area contributed by atoms with Gasteiger partial charge in [-0.3, -0.25) is 0 Å². The van der Waals surface area contributed by atoms with E-state index in [-0.39, 0.29) is 12.1 Å². The molecule has 5 heteroatoms. The van der Waals surface area contributed by atoms with Crippen LogP contribution in [0, 0.1) is 0 Å². The van der Waals surface area contributed by atoms with E-state index in [1.165, 1.54) is 0 Å². The molecule has 20 heavy (non-hydrogen) atoms. The number of benzene rings is 1. The van der Waals surface area contributed by atoms with Gasteiger partial charge in [0.05, 0.1) is 6.10 Å². The van der Waals surface area contributed by atoms with Crippen molar-refractivity contribution in [3.05, 3.63) is 34.9 Å². The lowest BCUT2D eigenvalue weighted by Gasteiger charge is -2.11. The van der Waals surface area contributed by atoms with Gasteiger partial charge in [0.25, 0.3) is 0 Å². The fourth-order valence-corrected chi connectivity index (χ4v) is 2.52. The number of aliphatic hydroxyl groups excluding tert-OH is 1. The van der Waals surface area contributed by atoms with Gasteiger partial charge in [0, 0.05) is 23.5 Å². The van der Waals surface area contributed by atoms with Crippen LogP contribution >= 0.6 is 11.6 Å². The van der Waals surface area contributed by atoms with Crippen molar-refractivity contribution in [2.24, 2.45) is 0 Å². The Labute approximate surface area is 124 Å². The number of urea groups is 1. The van der Waals surface area contributed by atoms with Crippen molar-refractivity contribution in [2.45, 2.75) is 44.2 Å². The Hall–Kier alpha value is -1.26. The van der Waals surface area contributed by atoms with Crippen molar-refractivity contribution < 1.29 is 9.90 Å². The lowest BCUT2D eigenvalue weighted by atomic mass is 10.1. The smallest absolute Gasteiger partial charge is 0.315 e. The van der Waals surface area contributed by atoms with E-state index < -0.39 is 6.10 Å². The fraction of sp³-hybridized carbons (Fsp3) is 0.533. The highest BCUT2D eigenvalue weighted by Gasteiger charge is 2.39. The molecule has 2 rings (SSSR count). The first-order valence-electron chi connectivity index (χ1n) is 7.08. The van der Waals surface area contributed by atoms with Crippen LogP contribution in [0.4, 0.5) is 4.79 Å². The van der Waals surface area contributed by atoms with Crippen LogP contribution < -0.4 is 10.6 Å². The van der Waals surface area contributed by atoms with Crippen molar-refractivity contribution in [3.8, 4) is 0 Å². The predicted molar refractivity (Wildman–Crippen MR) is 80.0 cm³/mol. The molecule has 110 valence electrons. The summed E-state index contributed by atoms with van der Waals surface area (Å²) < 4.78 is 0. The van der Waals surface area contributed by atoms with E-state index in [2.05, 4.69) is 10.6 Å². The molecule has 0 bridgehead atoms. The third-order valence-electron chi connectivity index (χ3n) is 3.50. The summed E-state index contributed by atoms with van der Waals surface area (Å²) >= 11 is 5.96. The van der Waals surface area contributed by atoms with Crippen LogP contribution in [0.3, 0.4) is 0 Å². The molecule has 1 aromatic carbocycles. The molecule has 3 atom stereocenters. The lowest BCUT2D eigenvalue weighted by molar-refractivity contribution is 0.160. The summed E-state index contributed by atoms with van der Waals surface area (Å²) in [5.41, 5.74) is 1.16. The minimum absolute atomic E-state index is 0.164. The van der Waals surface area contributed by atoms with Crippen LogP contribution in [0.1, 0.15) is 37.7 Å². The molecule has 2 amide bonds. The molecule has 1 saturated carbocycles. The number of aliphatic hydroxyl groups is 1. The number of hydrogen-bond donors (Lipinski definition) is 3. The molecule has 0 aromatic heterocycles. The average molecular weight is 297 g/mol. The Balaban J connectivity index is 1.72. The van der Waals surface area contributed by atoms with Crippen molar-refractivity contribution in [1.82, 2.24) is 10.6 Å². The van der Waals surface area contributed by atoms with Crippen LogP contribution in [0.5, 0.6) is 0 Å². The monoisotopic (exact) mass is 296 g/mol. The molecule has 4 nitrogen and oxygen atoms in total. The summed E-state index contributed by atoms with van der Waals surface area (Å²) in [4.78, 5) is 11.7. The first-order valence-corrected chi connectivity index (χ1v) is 7.45. The average Bonchev–Trinajstić information content (AvgIpc) is 3.16. The lowest BCUT2D eigenvalue weighted by Crippen LogP contribution is -2.41. The second-order valence-electron chi connectivity index (χ2n) is 5.30. The molecule has 1 fully saturated rings. The molecule has 0 heterocycles. The summed E-state index contributed by atoms with van der Waals surface area (Å²) in [6, 6.07) is 7.69. The van der Waals surface area contributed by atoms with E-state index in [0.717, 1.165) is 23.4 Å². The van der Waals surface area contributed by atoms with Crippen molar-refractivity contribution in [1.29, 1.82) is 0 Å². The van der Waals surface area contributed by atoms with Gasteiger partial charge in [0.15, 0.2) is 0 Å². The summed E-state index contributed by atoms with van der Waals surface area (Å²) in [6.45, 7) is 2.30. The first kappa shape index (κ1) is 15.1. The van der Waals surface area contributed by atoms with Gasteiger partial charge in [-0.15, -0.1) is 0 Å². The van der Waals surface area contributed by atoms with Gasteiger partial charge < -0.3 is 15.7 Å². The van der Waals surface area contributed by atoms with Crippen LogP contribution in [0.15, 0.2) is 24.3 Å². The maximum atomic E-state index is 11.7. The van der Waals surface area contributed by atoms with Crippen molar-refractivity contribution >= 4 is 17.6 Å². The topological polar surface area (TPSA) is 61.4 Å². The van der Waals surface area contributed by atoms with Gasteiger partial charge in [-0.2, -0.15) is 0 Å². The van der Waals surface area contributed by atoms with E-state index >= 15 is 0 Å². The van der Waals surface area contributed by atoms with Crippen molar-refractivity contribution in [2.75, 3.05) is 6.54 Å². The molecule has 3 N–H and O–H groups in total. The van der Waals surface area contributed by atoms with Gasteiger partial charge in [0.1, 0.15) is 0 Å². The summed E-state index contributed by atoms with van der Waals surface area (Å²) in [5, 5.41) is 15.9. The zero-order chi connectivity index (χ0) is 14.5. The quantitative estimate of drug-likeness (QED) is 0.756. The third-order valence-corrected chi connectivity index (χ3v) is 3.74. The van der Waals surface area contributed by atoms with Crippen LogP contribution in [0.25, 0.3) is 0 Å². The number of carbonyl (C=O) groups excluding carboxylic acids is 1. The number of halogens is 1. The molecule has 0 spiro atoms. The number of hydrogen-bond acceptors (Lipinski definition) is 2. The molecule has 0 radical (unpaired) electrons. The standard InChI is InChI=1S/C15H21ClN2O2/c1-2-4-12(19)9-17-15(20)18-14-8-13(14)10-5-3-6-11(16)7-10/h3,5-7,12-14,19H,2,4,8-9H2,1H3,(H2,17,18,20). The highest BCUT2D eigenvalue weighted by atomic mass is 35.5. The van der Waals surface area contributed by atoms with E-state index in [4.69, 9.17) is 11.6 Å². The van der Waals surface area contributed by atoms with E-state index in [9.17, 15) is 9.90 Å². The molecule has 1 aliphatic rings. The Bertz CT molecular complexity index is 467. The Morgan fingerprint density at radius 2 is 2.35 bits per heavy atom. The fourth-order valence-electron chi connectivity index (χ4n) is 2.33. The molecule has 1 aliphatic carbocycles. The number of rotatable bonds is 6. The number of nitrogens with one attached hydrogen (secondary N) is 2. The summed E-state index contributed by atoms with van der Waals surface area (Å²) in [7, 11) is 0. The van der Waals surface area contributed by atoms with Gasteiger partial charge in [-0.05, 0) is 30.5 Å². The highest BCUT2D eigenvalue weighted by Crippen LogP contribution is 2.41. The zero-order valence-electron chi connectivity index (χ0n) is 11.6. The van der Waals surface area contributed by atoms with Gasteiger partial charge in [-0.25, -0.2) is 4.79 Å². The maximum absolute atomic E-state index is 11.7. The molecule has 3 unspecified atom stereocenters. The molecule has 0 saturated heterocycles. The van der Waals surface area contributed by atoms with E-state index in [1.54, 1.807) is 0 Å². The minimum Gasteiger partial charge on any atom is -0.391 e. The second-order valence-corrected chi connectivity index (χ2v) is 5.74.